The van der Waals surface area contributed by atoms with Crippen LogP contribution in [0.2, 0.25) is 0 Å². The minimum atomic E-state index is -0.373. The van der Waals surface area contributed by atoms with Crippen LogP contribution in [0.3, 0.4) is 0 Å². The Labute approximate surface area is 157 Å². The van der Waals surface area contributed by atoms with Gasteiger partial charge in [-0.25, -0.2) is 9.37 Å². The van der Waals surface area contributed by atoms with Crippen molar-refractivity contribution in [1.82, 2.24) is 15.4 Å². The number of pyridine rings is 2. The van der Waals surface area contributed by atoms with Gasteiger partial charge in [0.1, 0.15) is 5.82 Å². The van der Waals surface area contributed by atoms with Crippen LogP contribution < -0.4 is 16.2 Å². The Kier molecular flexibility index (Phi) is 5.39. The van der Waals surface area contributed by atoms with E-state index in [1.807, 2.05) is 22.6 Å². The van der Waals surface area contributed by atoms with Crippen molar-refractivity contribution in [3.63, 3.8) is 0 Å². The third-order valence-corrected chi connectivity index (χ3v) is 3.92. The standard InChI is InChI=1S/C17H13FIN5O/c18-13-10-12(19)3-4-14(13)22-15-2-1-7-21-16(15)23-24-17(25)11-5-8-20-9-6-11/h1-10,22H,(H,21,23)(H,24,25). The van der Waals surface area contributed by atoms with Crippen molar-refractivity contribution < 1.29 is 9.18 Å². The molecule has 3 aromatic rings. The molecule has 0 atom stereocenters. The zero-order valence-corrected chi connectivity index (χ0v) is 15.0. The summed E-state index contributed by atoms with van der Waals surface area (Å²) in [5.74, 6) is -0.343. The first-order valence-corrected chi connectivity index (χ1v) is 8.35. The zero-order valence-electron chi connectivity index (χ0n) is 12.8. The molecule has 0 spiro atoms. The largest absolute Gasteiger partial charge is 0.350 e. The highest BCUT2D eigenvalue weighted by Gasteiger charge is 2.09. The van der Waals surface area contributed by atoms with Gasteiger partial charge >= 0.3 is 0 Å². The average molecular weight is 449 g/mol. The topological polar surface area (TPSA) is 78.9 Å². The van der Waals surface area contributed by atoms with Crippen molar-refractivity contribution in [2.24, 2.45) is 0 Å². The molecular formula is C17H13FIN5O. The number of carbonyl (C=O) groups is 1. The lowest BCUT2D eigenvalue weighted by Gasteiger charge is -2.14. The molecule has 0 saturated heterocycles. The van der Waals surface area contributed by atoms with E-state index in [9.17, 15) is 9.18 Å². The van der Waals surface area contributed by atoms with Gasteiger partial charge in [0, 0.05) is 27.7 Å². The monoisotopic (exact) mass is 449 g/mol. The van der Waals surface area contributed by atoms with Gasteiger partial charge in [0.25, 0.3) is 5.91 Å². The van der Waals surface area contributed by atoms with E-state index in [-0.39, 0.29) is 11.7 Å². The van der Waals surface area contributed by atoms with Gasteiger partial charge in [0.15, 0.2) is 5.82 Å². The molecule has 2 aromatic heterocycles. The van der Waals surface area contributed by atoms with Crippen molar-refractivity contribution in [2.45, 2.75) is 0 Å². The van der Waals surface area contributed by atoms with Crippen LogP contribution in [0.15, 0.2) is 61.1 Å². The normalized spacial score (nSPS) is 10.2. The lowest BCUT2D eigenvalue weighted by molar-refractivity contribution is 0.0962. The van der Waals surface area contributed by atoms with E-state index < -0.39 is 0 Å². The molecule has 0 fully saturated rings. The Bertz CT molecular complexity index is 891. The van der Waals surface area contributed by atoms with Gasteiger partial charge in [0.2, 0.25) is 0 Å². The first-order valence-electron chi connectivity index (χ1n) is 7.27. The van der Waals surface area contributed by atoms with Gasteiger partial charge in [-0.2, -0.15) is 0 Å². The second-order valence-electron chi connectivity index (χ2n) is 4.96. The number of amides is 1. The molecular weight excluding hydrogens is 436 g/mol. The number of anilines is 3. The Balaban J connectivity index is 1.74. The lowest BCUT2D eigenvalue weighted by Crippen LogP contribution is -2.30. The van der Waals surface area contributed by atoms with Gasteiger partial charge in [-0.15, -0.1) is 0 Å². The second kappa shape index (κ2) is 7.88. The van der Waals surface area contributed by atoms with Crippen LogP contribution in [0.25, 0.3) is 0 Å². The number of rotatable bonds is 5. The van der Waals surface area contributed by atoms with Gasteiger partial charge in [-0.1, -0.05) is 0 Å². The third-order valence-electron chi connectivity index (χ3n) is 3.25. The number of halogens is 2. The highest BCUT2D eigenvalue weighted by Crippen LogP contribution is 2.25. The average Bonchev–Trinajstić information content (AvgIpc) is 2.63. The van der Waals surface area contributed by atoms with E-state index in [0.717, 1.165) is 3.57 Å². The number of carbonyl (C=O) groups excluding carboxylic acids is 1. The maximum Gasteiger partial charge on any atom is 0.269 e. The number of benzene rings is 1. The van der Waals surface area contributed by atoms with Crippen molar-refractivity contribution in [1.29, 1.82) is 0 Å². The molecule has 3 rings (SSSR count). The van der Waals surface area contributed by atoms with Crippen LogP contribution in [0.1, 0.15) is 10.4 Å². The Morgan fingerprint density at radius 2 is 1.84 bits per heavy atom. The van der Waals surface area contributed by atoms with Crippen LogP contribution in [0.5, 0.6) is 0 Å². The van der Waals surface area contributed by atoms with E-state index in [1.54, 1.807) is 42.6 Å². The molecule has 25 heavy (non-hydrogen) atoms. The van der Waals surface area contributed by atoms with Crippen molar-refractivity contribution in [3.8, 4) is 0 Å². The molecule has 0 aliphatic rings. The first kappa shape index (κ1) is 17.1. The summed E-state index contributed by atoms with van der Waals surface area (Å²) in [5, 5.41) is 2.97. The molecule has 6 nitrogen and oxygen atoms in total. The SMILES string of the molecule is O=C(NNc1ncccc1Nc1ccc(I)cc1F)c1ccncc1. The van der Waals surface area contributed by atoms with E-state index in [0.29, 0.717) is 22.8 Å². The van der Waals surface area contributed by atoms with Crippen molar-refractivity contribution >= 4 is 45.7 Å². The van der Waals surface area contributed by atoms with Crippen molar-refractivity contribution in [3.05, 3.63) is 76.0 Å². The molecule has 126 valence electrons. The summed E-state index contributed by atoms with van der Waals surface area (Å²) in [4.78, 5) is 20.1. The van der Waals surface area contributed by atoms with Gasteiger partial charge in [-0.3, -0.25) is 20.6 Å². The molecule has 0 radical (unpaired) electrons. The molecule has 0 bridgehead atoms. The highest BCUT2D eigenvalue weighted by molar-refractivity contribution is 14.1. The van der Waals surface area contributed by atoms with E-state index in [2.05, 4.69) is 26.1 Å². The number of hydrogen-bond acceptors (Lipinski definition) is 5. The van der Waals surface area contributed by atoms with Crippen LogP contribution in [-0.4, -0.2) is 15.9 Å². The number of aromatic nitrogens is 2. The minimum Gasteiger partial charge on any atom is -0.350 e. The predicted molar refractivity (Wildman–Crippen MR) is 102 cm³/mol. The smallest absolute Gasteiger partial charge is 0.269 e. The van der Waals surface area contributed by atoms with Crippen LogP contribution >= 0.6 is 22.6 Å². The molecule has 1 amide bonds. The number of nitrogens with zero attached hydrogens (tertiary/aromatic N) is 2. The highest BCUT2D eigenvalue weighted by atomic mass is 127. The molecule has 0 unspecified atom stereocenters. The number of hydrogen-bond donors (Lipinski definition) is 3. The summed E-state index contributed by atoms with van der Waals surface area (Å²) >= 11 is 2.04. The molecule has 8 heteroatoms. The van der Waals surface area contributed by atoms with Gasteiger partial charge < -0.3 is 5.32 Å². The molecule has 1 aromatic carbocycles. The fourth-order valence-corrected chi connectivity index (χ4v) is 2.49. The first-order chi connectivity index (χ1) is 12.1. The zero-order chi connectivity index (χ0) is 17.6. The summed E-state index contributed by atoms with van der Waals surface area (Å²) in [6.07, 6.45) is 4.63. The van der Waals surface area contributed by atoms with E-state index >= 15 is 0 Å². The maximum atomic E-state index is 14.0. The molecule has 0 saturated carbocycles. The van der Waals surface area contributed by atoms with Gasteiger partial charge in [0.05, 0.1) is 11.4 Å². The summed E-state index contributed by atoms with van der Waals surface area (Å²) in [6, 6.07) is 11.5. The Morgan fingerprint density at radius 3 is 2.60 bits per heavy atom. The summed E-state index contributed by atoms with van der Waals surface area (Å²) in [6.45, 7) is 0. The van der Waals surface area contributed by atoms with Crippen molar-refractivity contribution in [2.75, 3.05) is 10.7 Å². The molecule has 2 heterocycles. The van der Waals surface area contributed by atoms with Crippen LogP contribution in [0.4, 0.5) is 21.6 Å². The molecule has 3 N–H and O–H groups in total. The van der Waals surface area contributed by atoms with Crippen LogP contribution in [-0.2, 0) is 0 Å². The van der Waals surface area contributed by atoms with Gasteiger partial charge in [-0.05, 0) is 65.1 Å². The Hall–Kier alpha value is -2.75. The summed E-state index contributed by atoms with van der Waals surface area (Å²) in [5.41, 5.74) is 6.59. The van der Waals surface area contributed by atoms with Crippen LogP contribution in [0, 0.1) is 9.39 Å². The lowest BCUT2D eigenvalue weighted by atomic mass is 10.2. The molecule has 0 aliphatic carbocycles. The number of nitrogens with one attached hydrogen (secondary N) is 3. The maximum absolute atomic E-state index is 14.0. The molecule has 0 aliphatic heterocycles. The summed E-state index contributed by atoms with van der Waals surface area (Å²) in [7, 11) is 0. The fourth-order valence-electron chi connectivity index (χ4n) is 2.03. The minimum absolute atomic E-state index is 0.317. The second-order valence-corrected chi connectivity index (χ2v) is 6.21. The van der Waals surface area contributed by atoms with E-state index in [4.69, 9.17) is 0 Å². The fraction of sp³-hybridized carbons (Fsp3) is 0. The predicted octanol–water partition coefficient (Wildman–Crippen LogP) is 3.72. The quantitative estimate of drug-likeness (QED) is 0.409. The number of hydrazine groups is 1. The summed E-state index contributed by atoms with van der Waals surface area (Å²) < 4.78 is 14.8. The Morgan fingerprint density at radius 1 is 1.04 bits per heavy atom. The van der Waals surface area contributed by atoms with E-state index in [1.165, 1.54) is 18.5 Å². The third kappa shape index (κ3) is 4.41.